The van der Waals surface area contributed by atoms with E-state index in [-0.39, 0.29) is 17.8 Å². The summed E-state index contributed by atoms with van der Waals surface area (Å²) in [7, 11) is 0. The van der Waals surface area contributed by atoms with Gasteiger partial charge in [0.2, 0.25) is 0 Å². The van der Waals surface area contributed by atoms with Gasteiger partial charge in [-0.05, 0) is 83.8 Å². The number of likely N-dealkylation sites (tertiary alicyclic amines) is 1. The number of phenols is 1. The van der Waals surface area contributed by atoms with Crippen LogP contribution in [0.4, 0.5) is 0 Å². The van der Waals surface area contributed by atoms with Crippen molar-refractivity contribution in [1.29, 1.82) is 0 Å². The van der Waals surface area contributed by atoms with Crippen molar-refractivity contribution in [3.05, 3.63) is 52.2 Å². The van der Waals surface area contributed by atoms with Gasteiger partial charge in [-0.15, -0.1) is 12.4 Å². The summed E-state index contributed by atoms with van der Waals surface area (Å²) in [5.74, 6) is 0.980. The number of hydrogen-bond donors (Lipinski definition) is 1. The molecule has 0 spiro atoms. The van der Waals surface area contributed by atoms with E-state index in [0.717, 1.165) is 19.5 Å². The van der Waals surface area contributed by atoms with E-state index in [4.69, 9.17) is 0 Å². The van der Waals surface area contributed by atoms with E-state index in [9.17, 15) is 5.11 Å². The summed E-state index contributed by atoms with van der Waals surface area (Å²) in [6.07, 6.45) is 3.60. The van der Waals surface area contributed by atoms with Gasteiger partial charge < -0.3 is 10.0 Å². The Hall–Kier alpha value is -1.03. The van der Waals surface area contributed by atoms with E-state index in [1.165, 1.54) is 30.5 Å². The maximum absolute atomic E-state index is 9.79. The molecule has 1 aromatic carbocycles. The second-order valence-corrected chi connectivity index (χ2v) is 7.93. The van der Waals surface area contributed by atoms with Crippen LogP contribution in [0.15, 0.2) is 41.1 Å². The number of phenolic OH excluding ortho intramolecular Hbond substituents is 1. The molecule has 2 aromatic rings. The molecular formula is C20H28ClNOS. The average molecular weight is 366 g/mol. The van der Waals surface area contributed by atoms with Gasteiger partial charge in [-0.1, -0.05) is 26.0 Å². The fourth-order valence-corrected chi connectivity index (χ4v) is 4.45. The highest BCUT2D eigenvalue weighted by Gasteiger charge is 2.37. The fraction of sp³-hybridized carbons (Fsp3) is 0.500. The lowest BCUT2D eigenvalue weighted by Crippen LogP contribution is -2.47. The molecule has 0 unspecified atom stereocenters. The van der Waals surface area contributed by atoms with Gasteiger partial charge in [-0.2, -0.15) is 11.3 Å². The molecule has 1 fully saturated rings. The van der Waals surface area contributed by atoms with E-state index in [2.05, 4.69) is 41.6 Å². The summed E-state index contributed by atoms with van der Waals surface area (Å²) >= 11 is 1.79. The number of aryl methyl sites for hydroxylation is 1. The zero-order valence-electron chi connectivity index (χ0n) is 14.6. The molecule has 1 aromatic heterocycles. The summed E-state index contributed by atoms with van der Waals surface area (Å²) in [5.41, 5.74) is 2.93. The highest BCUT2D eigenvalue weighted by molar-refractivity contribution is 7.07. The molecule has 2 nitrogen and oxygen atoms in total. The van der Waals surface area contributed by atoms with Crippen molar-refractivity contribution in [2.75, 3.05) is 19.6 Å². The second kappa shape index (κ2) is 8.37. The van der Waals surface area contributed by atoms with Crippen molar-refractivity contribution < 1.29 is 5.11 Å². The van der Waals surface area contributed by atoms with Gasteiger partial charge in [0.25, 0.3) is 0 Å². The van der Waals surface area contributed by atoms with Gasteiger partial charge in [0, 0.05) is 6.54 Å². The largest absolute Gasteiger partial charge is 0.508 e. The van der Waals surface area contributed by atoms with Crippen LogP contribution in [0.1, 0.15) is 37.8 Å². The van der Waals surface area contributed by atoms with Crippen molar-refractivity contribution in [3.63, 3.8) is 0 Å². The Morgan fingerprint density at radius 3 is 2.83 bits per heavy atom. The van der Waals surface area contributed by atoms with Crippen LogP contribution in [0.2, 0.25) is 0 Å². The molecule has 1 aliphatic rings. The maximum Gasteiger partial charge on any atom is 0.115 e. The quantitative estimate of drug-likeness (QED) is 0.796. The van der Waals surface area contributed by atoms with Gasteiger partial charge >= 0.3 is 0 Å². The van der Waals surface area contributed by atoms with Crippen LogP contribution in [0.5, 0.6) is 5.75 Å². The van der Waals surface area contributed by atoms with E-state index in [1.807, 2.05) is 12.1 Å². The van der Waals surface area contributed by atoms with Crippen LogP contribution in [-0.4, -0.2) is 29.6 Å². The second-order valence-electron chi connectivity index (χ2n) is 7.15. The summed E-state index contributed by atoms with van der Waals surface area (Å²) in [4.78, 5) is 2.61. The number of halogens is 1. The predicted octanol–water partition coefficient (Wildman–Crippen LogP) is 5.11. The summed E-state index contributed by atoms with van der Waals surface area (Å²) in [6, 6.07) is 10.1. The number of benzene rings is 1. The molecule has 0 bridgehead atoms. The molecule has 132 valence electrons. The molecule has 4 heteroatoms. The summed E-state index contributed by atoms with van der Waals surface area (Å²) in [5, 5.41) is 14.2. The van der Waals surface area contributed by atoms with Crippen molar-refractivity contribution >= 4 is 23.7 Å². The summed E-state index contributed by atoms with van der Waals surface area (Å²) < 4.78 is 0. The van der Waals surface area contributed by atoms with E-state index in [0.29, 0.717) is 11.7 Å². The average Bonchev–Trinajstić information content (AvgIpc) is 3.04. The lowest BCUT2D eigenvalue weighted by atomic mass is 9.68. The smallest absolute Gasteiger partial charge is 0.115 e. The Morgan fingerprint density at radius 1 is 1.33 bits per heavy atom. The molecular weight excluding hydrogens is 338 g/mol. The molecule has 1 saturated heterocycles. The van der Waals surface area contributed by atoms with Gasteiger partial charge in [0.1, 0.15) is 5.75 Å². The first-order chi connectivity index (χ1) is 11.1. The molecule has 0 saturated carbocycles. The van der Waals surface area contributed by atoms with E-state index >= 15 is 0 Å². The SMILES string of the molecule is C[C@H]1CN(CCCc2ccsc2)CC[C@]1(C)c1cccc(O)c1.Cl. The third-order valence-electron chi connectivity index (χ3n) is 5.59. The Balaban J connectivity index is 0.00000208. The third kappa shape index (κ3) is 4.33. The van der Waals surface area contributed by atoms with Crippen LogP contribution < -0.4 is 0 Å². The van der Waals surface area contributed by atoms with Crippen molar-refractivity contribution in [1.82, 2.24) is 4.90 Å². The Bertz CT molecular complexity index is 630. The van der Waals surface area contributed by atoms with Crippen LogP contribution in [0.25, 0.3) is 0 Å². The normalized spacial score (nSPS) is 24.5. The van der Waals surface area contributed by atoms with Gasteiger partial charge in [0.05, 0.1) is 0 Å². The number of rotatable bonds is 5. The molecule has 3 rings (SSSR count). The molecule has 1 aliphatic heterocycles. The highest BCUT2D eigenvalue weighted by Crippen LogP contribution is 2.40. The molecule has 1 N–H and O–H groups in total. The number of piperidine rings is 1. The van der Waals surface area contributed by atoms with E-state index in [1.54, 1.807) is 17.4 Å². The standard InChI is InChI=1S/C20H27NOS.ClH/c1-16-14-21(10-4-5-17-8-12-23-15-17)11-9-20(16,2)18-6-3-7-19(22)13-18;/h3,6-8,12-13,15-16,22H,4-5,9-11,14H2,1-2H3;1H/t16-,20-;/m0./s1. The Kier molecular flexibility index (Phi) is 6.73. The third-order valence-corrected chi connectivity index (χ3v) is 6.32. The monoisotopic (exact) mass is 365 g/mol. The van der Waals surface area contributed by atoms with Gasteiger partial charge in [-0.25, -0.2) is 0 Å². The summed E-state index contributed by atoms with van der Waals surface area (Å²) in [6.45, 7) is 8.20. The zero-order chi connectivity index (χ0) is 16.3. The van der Waals surface area contributed by atoms with Crippen LogP contribution in [0, 0.1) is 5.92 Å². The lowest BCUT2D eigenvalue weighted by Gasteiger charge is -2.45. The Morgan fingerprint density at radius 2 is 2.17 bits per heavy atom. The van der Waals surface area contributed by atoms with Crippen LogP contribution >= 0.6 is 23.7 Å². The molecule has 2 heterocycles. The minimum Gasteiger partial charge on any atom is -0.508 e. The van der Waals surface area contributed by atoms with Gasteiger partial charge in [-0.3, -0.25) is 0 Å². The number of aromatic hydroxyl groups is 1. The van der Waals surface area contributed by atoms with Crippen molar-refractivity contribution in [2.24, 2.45) is 5.92 Å². The minimum atomic E-state index is 0. The zero-order valence-corrected chi connectivity index (χ0v) is 16.2. The maximum atomic E-state index is 9.79. The lowest BCUT2D eigenvalue weighted by molar-refractivity contribution is 0.110. The molecule has 0 aliphatic carbocycles. The number of hydrogen-bond acceptors (Lipinski definition) is 3. The van der Waals surface area contributed by atoms with Gasteiger partial charge in [0.15, 0.2) is 0 Å². The highest BCUT2D eigenvalue weighted by atomic mass is 35.5. The first-order valence-corrected chi connectivity index (χ1v) is 9.55. The van der Waals surface area contributed by atoms with Crippen LogP contribution in [-0.2, 0) is 11.8 Å². The van der Waals surface area contributed by atoms with Crippen molar-refractivity contribution in [2.45, 2.75) is 38.5 Å². The van der Waals surface area contributed by atoms with Crippen molar-refractivity contribution in [3.8, 4) is 5.75 Å². The topological polar surface area (TPSA) is 23.5 Å². The molecule has 2 atom stereocenters. The Labute approximate surface area is 155 Å². The number of thiophene rings is 1. The predicted molar refractivity (Wildman–Crippen MR) is 106 cm³/mol. The minimum absolute atomic E-state index is 0. The first-order valence-electron chi connectivity index (χ1n) is 8.61. The fourth-order valence-electron chi connectivity index (χ4n) is 3.75. The first kappa shape index (κ1) is 19.3. The molecule has 0 amide bonds. The van der Waals surface area contributed by atoms with E-state index < -0.39 is 0 Å². The molecule has 24 heavy (non-hydrogen) atoms. The molecule has 0 radical (unpaired) electrons. The number of nitrogens with zero attached hydrogens (tertiary/aromatic N) is 1. The van der Waals surface area contributed by atoms with Crippen LogP contribution in [0.3, 0.4) is 0 Å².